The highest BCUT2D eigenvalue weighted by molar-refractivity contribution is 5.14. The van der Waals surface area contributed by atoms with Crippen molar-refractivity contribution in [2.75, 3.05) is 0 Å². The van der Waals surface area contributed by atoms with Crippen molar-refractivity contribution in [2.45, 2.75) is 20.8 Å². The van der Waals surface area contributed by atoms with Crippen LogP contribution in [0.2, 0.25) is 0 Å². The van der Waals surface area contributed by atoms with E-state index in [4.69, 9.17) is 0 Å². The van der Waals surface area contributed by atoms with E-state index >= 15 is 0 Å². The number of nitro groups is 1. The number of hydrogen-bond acceptors (Lipinski definition) is 2. The molecule has 0 saturated carbocycles. The summed E-state index contributed by atoms with van der Waals surface area (Å²) in [5, 5.41) is 10.1. The molecule has 0 aromatic rings. The summed E-state index contributed by atoms with van der Waals surface area (Å²) in [6.07, 6.45) is 5.85. The lowest BCUT2D eigenvalue weighted by Crippen LogP contribution is -1.93. The van der Waals surface area contributed by atoms with Crippen LogP contribution in [-0.2, 0) is 0 Å². The first-order valence-corrected chi connectivity index (χ1v) is 3.82. The van der Waals surface area contributed by atoms with E-state index in [1.165, 1.54) is 24.3 Å². The minimum absolute atomic E-state index is 0.0832. The van der Waals surface area contributed by atoms with Crippen molar-refractivity contribution < 1.29 is 4.92 Å². The Balaban J connectivity index is 0. The summed E-state index contributed by atoms with van der Waals surface area (Å²) >= 11 is 0. The standard InChI is InChI=1S/C7H9NO2.C2H6/c1-3-5-6-7(4-2)8(9)10;1-2/h3-6H,1H2,2H3;1-2H3/b6-5-,7-4+;. The quantitative estimate of drug-likeness (QED) is 0.370. The van der Waals surface area contributed by atoms with Crippen LogP contribution in [0.1, 0.15) is 20.8 Å². The first kappa shape index (κ1) is 13.2. The maximum atomic E-state index is 10.1. The highest BCUT2D eigenvalue weighted by Gasteiger charge is 2.00. The van der Waals surface area contributed by atoms with Crippen LogP contribution in [0.4, 0.5) is 0 Å². The first-order valence-electron chi connectivity index (χ1n) is 3.82. The van der Waals surface area contributed by atoms with E-state index in [9.17, 15) is 10.1 Å². The van der Waals surface area contributed by atoms with Gasteiger partial charge in [-0.3, -0.25) is 10.1 Å². The number of rotatable bonds is 3. The molecule has 0 aliphatic rings. The van der Waals surface area contributed by atoms with Crippen LogP contribution in [0.25, 0.3) is 0 Å². The van der Waals surface area contributed by atoms with Crippen molar-refractivity contribution in [1.29, 1.82) is 0 Å². The highest BCUT2D eigenvalue weighted by atomic mass is 16.6. The average molecular weight is 169 g/mol. The molecule has 0 amide bonds. The third-order valence-electron chi connectivity index (χ3n) is 0.910. The number of allylic oxidation sites excluding steroid dienone is 4. The summed E-state index contributed by atoms with van der Waals surface area (Å²) in [6.45, 7) is 9.01. The molecular weight excluding hydrogens is 154 g/mol. The summed E-state index contributed by atoms with van der Waals surface area (Å²) in [5.74, 6) is 0. The molecule has 0 aromatic heterocycles. The Labute approximate surface area is 73.2 Å². The molecule has 0 aromatic carbocycles. The Morgan fingerprint density at radius 1 is 1.50 bits per heavy atom. The molecule has 0 bridgehead atoms. The molecule has 0 aliphatic heterocycles. The van der Waals surface area contributed by atoms with Gasteiger partial charge in [0, 0.05) is 6.08 Å². The van der Waals surface area contributed by atoms with Crippen molar-refractivity contribution >= 4 is 0 Å². The summed E-state index contributed by atoms with van der Waals surface area (Å²) in [7, 11) is 0. The molecule has 0 saturated heterocycles. The van der Waals surface area contributed by atoms with Gasteiger partial charge in [-0.15, -0.1) is 0 Å². The van der Waals surface area contributed by atoms with Gasteiger partial charge in [0.15, 0.2) is 0 Å². The minimum atomic E-state index is -0.444. The minimum Gasteiger partial charge on any atom is -0.258 e. The van der Waals surface area contributed by atoms with Crippen molar-refractivity contribution in [3.05, 3.63) is 46.7 Å². The second-order valence-electron chi connectivity index (χ2n) is 1.57. The first-order chi connectivity index (χ1) is 5.72. The normalized spacial score (nSPS) is 10.4. The molecule has 0 fully saturated rings. The van der Waals surface area contributed by atoms with E-state index in [1.54, 1.807) is 6.92 Å². The summed E-state index contributed by atoms with van der Waals surface area (Å²) < 4.78 is 0. The fraction of sp³-hybridized carbons (Fsp3) is 0.333. The molecule has 0 N–H and O–H groups in total. The van der Waals surface area contributed by atoms with Gasteiger partial charge >= 0.3 is 0 Å². The molecule has 3 nitrogen and oxygen atoms in total. The Bertz CT molecular complexity index is 193. The predicted molar refractivity (Wildman–Crippen MR) is 51.4 cm³/mol. The van der Waals surface area contributed by atoms with Crippen LogP contribution in [0.3, 0.4) is 0 Å². The van der Waals surface area contributed by atoms with Crippen LogP contribution in [0.15, 0.2) is 36.6 Å². The van der Waals surface area contributed by atoms with E-state index in [0.29, 0.717) is 0 Å². The molecule has 0 spiro atoms. The fourth-order valence-corrected chi connectivity index (χ4v) is 0.429. The van der Waals surface area contributed by atoms with Gasteiger partial charge in [-0.2, -0.15) is 0 Å². The van der Waals surface area contributed by atoms with Crippen molar-refractivity contribution in [3.8, 4) is 0 Å². The second kappa shape index (κ2) is 9.62. The van der Waals surface area contributed by atoms with Gasteiger partial charge in [-0.25, -0.2) is 0 Å². The maximum absolute atomic E-state index is 10.1. The van der Waals surface area contributed by atoms with Gasteiger partial charge in [0.1, 0.15) is 0 Å². The SMILES string of the molecule is C=C/C=C\C(=C/C)[N+](=O)[O-].CC. The molecule has 0 atom stereocenters. The fourth-order valence-electron chi connectivity index (χ4n) is 0.429. The second-order valence-corrected chi connectivity index (χ2v) is 1.57. The smallest absolute Gasteiger partial charge is 0.258 e. The zero-order valence-corrected chi connectivity index (χ0v) is 7.78. The van der Waals surface area contributed by atoms with Gasteiger partial charge in [0.2, 0.25) is 0 Å². The monoisotopic (exact) mass is 169 g/mol. The Morgan fingerprint density at radius 2 is 2.00 bits per heavy atom. The van der Waals surface area contributed by atoms with E-state index in [1.807, 2.05) is 13.8 Å². The maximum Gasteiger partial charge on any atom is 0.265 e. The lowest BCUT2D eigenvalue weighted by Gasteiger charge is -1.85. The van der Waals surface area contributed by atoms with Crippen LogP contribution in [-0.4, -0.2) is 4.92 Å². The molecule has 0 unspecified atom stereocenters. The zero-order valence-electron chi connectivity index (χ0n) is 7.78. The van der Waals surface area contributed by atoms with Crippen LogP contribution in [0.5, 0.6) is 0 Å². The van der Waals surface area contributed by atoms with Gasteiger partial charge in [0.25, 0.3) is 5.70 Å². The van der Waals surface area contributed by atoms with Gasteiger partial charge in [-0.1, -0.05) is 32.6 Å². The summed E-state index contributed by atoms with van der Waals surface area (Å²) in [4.78, 5) is 9.64. The molecule has 3 heteroatoms. The van der Waals surface area contributed by atoms with E-state index in [2.05, 4.69) is 6.58 Å². The van der Waals surface area contributed by atoms with E-state index in [0.717, 1.165) is 0 Å². The molecule has 0 heterocycles. The third kappa shape index (κ3) is 6.74. The largest absolute Gasteiger partial charge is 0.265 e. The zero-order chi connectivity index (χ0) is 9.98. The third-order valence-corrected chi connectivity index (χ3v) is 0.910. The van der Waals surface area contributed by atoms with Crippen molar-refractivity contribution in [2.24, 2.45) is 0 Å². The lowest BCUT2D eigenvalue weighted by molar-refractivity contribution is -0.419. The van der Waals surface area contributed by atoms with Gasteiger partial charge in [-0.05, 0) is 13.0 Å². The molecule has 12 heavy (non-hydrogen) atoms. The topological polar surface area (TPSA) is 43.1 Å². The van der Waals surface area contributed by atoms with Crippen molar-refractivity contribution in [3.63, 3.8) is 0 Å². The highest BCUT2D eigenvalue weighted by Crippen LogP contribution is 1.96. The average Bonchev–Trinajstić information content (AvgIpc) is 2.09. The number of nitrogens with zero attached hydrogens (tertiary/aromatic N) is 1. The molecular formula is C9H15NO2. The molecule has 0 radical (unpaired) electrons. The molecule has 0 aliphatic carbocycles. The van der Waals surface area contributed by atoms with Crippen LogP contribution >= 0.6 is 0 Å². The molecule has 0 rings (SSSR count). The van der Waals surface area contributed by atoms with Gasteiger partial charge < -0.3 is 0 Å². The van der Waals surface area contributed by atoms with Crippen LogP contribution < -0.4 is 0 Å². The summed E-state index contributed by atoms with van der Waals surface area (Å²) in [6, 6.07) is 0. The van der Waals surface area contributed by atoms with Crippen molar-refractivity contribution in [1.82, 2.24) is 0 Å². The molecule has 68 valence electrons. The lowest BCUT2D eigenvalue weighted by atomic mass is 10.4. The Hall–Kier alpha value is -1.38. The Morgan fingerprint density at radius 3 is 2.25 bits per heavy atom. The van der Waals surface area contributed by atoms with Gasteiger partial charge in [0.05, 0.1) is 4.92 Å². The van der Waals surface area contributed by atoms with E-state index in [-0.39, 0.29) is 5.70 Å². The van der Waals surface area contributed by atoms with Crippen LogP contribution in [0, 0.1) is 10.1 Å². The van der Waals surface area contributed by atoms with E-state index < -0.39 is 4.92 Å². The number of hydrogen-bond donors (Lipinski definition) is 0. The summed E-state index contributed by atoms with van der Waals surface area (Å²) in [5.41, 5.74) is 0.0832. The predicted octanol–water partition coefficient (Wildman–Crippen LogP) is 2.94. The Kier molecular flexibility index (Phi) is 10.6.